The normalized spacial score (nSPS) is 15.0. The molecule has 1 aromatic carbocycles. The zero-order valence-corrected chi connectivity index (χ0v) is 11.9. The van der Waals surface area contributed by atoms with E-state index in [1.165, 1.54) is 6.42 Å². The summed E-state index contributed by atoms with van der Waals surface area (Å²) < 4.78 is 0. The van der Waals surface area contributed by atoms with Crippen LogP contribution in [0.3, 0.4) is 0 Å². The van der Waals surface area contributed by atoms with E-state index in [0.717, 1.165) is 25.7 Å². The van der Waals surface area contributed by atoms with Crippen molar-refractivity contribution in [2.24, 2.45) is 0 Å². The lowest BCUT2D eigenvalue weighted by molar-refractivity contribution is -0.127. The first kappa shape index (κ1) is 15.0. The average Bonchev–Trinajstić information content (AvgIpc) is 2.48. The molecule has 0 radical (unpaired) electrons. The molecule has 1 aliphatic carbocycles. The van der Waals surface area contributed by atoms with E-state index >= 15 is 0 Å². The Morgan fingerprint density at radius 1 is 1.19 bits per heavy atom. The highest BCUT2D eigenvalue weighted by Crippen LogP contribution is 2.17. The van der Waals surface area contributed by atoms with E-state index in [4.69, 9.17) is 5.26 Å². The van der Waals surface area contributed by atoms with E-state index in [1.54, 1.807) is 24.3 Å². The monoisotopic (exact) mass is 285 g/mol. The minimum atomic E-state index is -0.363. The molecule has 5 nitrogen and oxygen atoms in total. The van der Waals surface area contributed by atoms with Crippen molar-refractivity contribution in [2.45, 2.75) is 44.6 Å². The molecule has 2 rings (SSSR count). The van der Waals surface area contributed by atoms with Crippen LogP contribution in [-0.2, 0) is 9.59 Å². The maximum Gasteiger partial charge on any atom is 0.233 e. The standard InChI is InChI=1S/C16H19N3O2/c17-11-12-5-4-8-14(9-12)19-16(21)10-15(20)18-13-6-2-1-3-7-13/h4-5,8-9,13H,1-3,6-7,10H2,(H,18,20)(H,19,21). The van der Waals surface area contributed by atoms with Crippen LogP contribution in [0.2, 0.25) is 0 Å². The van der Waals surface area contributed by atoms with Crippen LogP contribution >= 0.6 is 0 Å². The van der Waals surface area contributed by atoms with Crippen molar-refractivity contribution in [3.05, 3.63) is 29.8 Å². The molecule has 1 aromatic rings. The second-order valence-electron chi connectivity index (χ2n) is 5.32. The van der Waals surface area contributed by atoms with Crippen molar-refractivity contribution in [1.29, 1.82) is 5.26 Å². The van der Waals surface area contributed by atoms with Gasteiger partial charge in [-0.3, -0.25) is 9.59 Å². The molecule has 5 heteroatoms. The molecule has 0 atom stereocenters. The summed E-state index contributed by atoms with van der Waals surface area (Å²) in [6.45, 7) is 0. The smallest absolute Gasteiger partial charge is 0.233 e. The quantitative estimate of drug-likeness (QED) is 0.833. The fourth-order valence-corrected chi connectivity index (χ4v) is 2.54. The zero-order chi connectivity index (χ0) is 15.1. The first-order valence-electron chi connectivity index (χ1n) is 7.27. The number of carbonyl (C=O) groups excluding carboxylic acids is 2. The van der Waals surface area contributed by atoms with Crippen LogP contribution in [0.25, 0.3) is 0 Å². The molecule has 110 valence electrons. The van der Waals surface area contributed by atoms with Crippen LogP contribution in [0.5, 0.6) is 0 Å². The molecule has 2 amide bonds. The van der Waals surface area contributed by atoms with Gasteiger partial charge in [0.2, 0.25) is 11.8 Å². The molecule has 1 aliphatic rings. The Morgan fingerprint density at radius 3 is 2.67 bits per heavy atom. The molecule has 1 fully saturated rings. The third kappa shape index (κ3) is 4.92. The number of carbonyl (C=O) groups is 2. The number of nitriles is 1. The van der Waals surface area contributed by atoms with Gasteiger partial charge in [0.15, 0.2) is 0 Å². The zero-order valence-electron chi connectivity index (χ0n) is 11.9. The van der Waals surface area contributed by atoms with Gasteiger partial charge in [0.1, 0.15) is 6.42 Å². The summed E-state index contributed by atoms with van der Waals surface area (Å²) >= 11 is 0. The molecule has 0 bridgehead atoms. The van der Waals surface area contributed by atoms with Crippen LogP contribution in [0.4, 0.5) is 5.69 Å². The van der Waals surface area contributed by atoms with Crippen molar-refractivity contribution < 1.29 is 9.59 Å². The molecular formula is C16H19N3O2. The third-order valence-corrected chi connectivity index (χ3v) is 3.57. The van der Waals surface area contributed by atoms with Gasteiger partial charge in [-0.05, 0) is 31.0 Å². The maximum atomic E-state index is 11.8. The van der Waals surface area contributed by atoms with Gasteiger partial charge in [-0.1, -0.05) is 25.3 Å². The molecule has 0 unspecified atom stereocenters. The molecular weight excluding hydrogens is 266 g/mol. The lowest BCUT2D eigenvalue weighted by Gasteiger charge is -2.22. The van der Waals surface area contributed by atoms with E-state index in [2.05, 4.69) is 10.6 Å². The molecule has 21 heavy (non-hydrogen) atoms. The van der Waals surface area contributed by atoms with Crippen molar-refractivity contribution in [3.8, 4) is 6.07 Å². The molecule has 0 heterocycles. The molecule has 2 N–H and O–H groups in total. The Hall–Kier alpha value is -2.35. The number of hydrogen-bond donors (Lipinski definition) is 2. The first-order chi connectivity index (χ1) is 10.2. The maximum absolute atomic E-state index is 11.8. The lowest BCUT2D eigenvalue weighted by Crippen LogP contribution is -2.37. The minimum absolute atomic E-state index is 0.187. The van der Waals surface area contributed by atoms with Gasteiger partial charge in [-0.2, -0.15) is 5.26 Å². The Balaban J connectivity index is 1.80. The molecule has 0 saturated heterocycles. The van der Waals surface area contributed by atoms with Crippen molar-refractivity contribution in [1.82, 2.24) is 5.32 Å². The van der Waals surface area contributed by atoms with Crippen molar-refractivity contribution in [2.75, 3.05) is 5.32 Å². The molecule has 1 saturated carbocycles. The van der Waals surface area contributed by atoms with Gasteiger partial charge in [0.05, 0.1) is 11.6 Å². The van der Waals surface area contributed by atoms with E-state index in [1.807, 2.05) is 6.07 Å². The van der Waals surface area contributed by atoms with Crippen LogP contribution in [-0.4, -0.2) is 17.9 Å². The van der Waals surface area contributed by atoms with Gasteiger partial charge in [0, 0.05) is 11.7 Å². The highest BCUT2D eigenvalue weighted by Gasteiger charge is 2.17. The van der Waals surface area contributed by atoms with Gasteiger partial charge in [-0.25, -0.2) is 0 Å². The SMILES string of the molecule is N#Cc1cccc(NC(=O)CC(=O)NC2CCCCC2)c1. The Labute approximate surface area is 124 Å². The Kier molecular flexibility index (Phi) is 5.33. The van der Waals surface area contributed by atoms with Gasteiger partial charge in [0.25, 0.3) is 0 Å². The average molecular weight is 285 g/mol. The van der Waals surface area contributed by atoms with Crippen LogP contribution in [0, 0.1) is 11.3 Å². The minimum Gasteiger partial charge on any atom is -0.353 e. The first-order valence-corrected chi connectivity index (χ1v) is 7.27. The van der Waals surface area contributed by atoms with E-state index < -0.39 is 0 Å². The van der Waals surface area contributed by atoms with E-state index in [-0.39, 0.29) is 24.3 Å². The topological polar surface area (TPSA) is 82.0 Å². The van der Waals surface area contributed by atoms with Crippen LogP contribution in [0.15, 0.2) is 24.3 Å². The van der Waals surface area contributed by atoms with Crippen LogP contribution in [0.1, 0.15) is 44.1 Å². The number of nitrogens with one attached hydrogen (secondary N) is 2. The second kappa shape index (κ2) is 7.44. The Morgan fingerprint density at radius 2 is 1.95 bits per heavy atom. The number of hydrogen-bond acceptors (Lipinski definition) is 3. The van der Waals surface area contributed by atoms with E-state index in [9.17, 15) is 9.59 Å². The van der Waals surface area contributed by atoms with Crippen molar-refractivity contribution >= 4 is 17.5 Å². The summed E-state index contributed by atoms with van der Waals surface area (Å²) in [6.07, 6.45) is 5.31. The summed E-state index contributed by atoms with van der Waals surface area (Å²) in [5, 5.41) is 14.3. The second-order valence-corrected chi connectivity index (χ2v) is 5.32. The lowest BCUT2D eigenvalue weighted by atomic mass is 9.95. The molecule has 0 aliphatic heterocycles. The highest BCUT2D eigenvalue weighted by atomic mass is 16.2. The number of anilines is 1. The van der Waals surface area contributed by atoms with Gasteiger partial charge in [-0.15, -0.1) is 0 Å². The summed E-state index contributed by atoms with van der Waals surface area (Å²) in [7, 11) is 0. The highest BCUT2D eigenvalue weighted by molar-refractivity contribution is 6.03. The number of rotatable bonds is 4. The predicted octanol–water partition coefficient (Wildman–Crippen LogP) is 2.34. The van der Waals surface area contributed by atoms with Gasteiger partial charge < -0.3 is 10.6 Å². The van der Waals surface area contributed by atoms with Gasteiger partial charge >= 0.3 is 0 Å². The number of amides is 2. The van der Waals surface area contributed by atoms with E-state index in [0.29, 0.717) is 11.3 Å². The largest absolute Gasteiger partial charge is 0.353 e. The number of benzene rings is 1. The predicted molar refractivity (Wildman–Crippen MR) is 79.4 cm³/mol. The van der Waals surface area contributed by atoms with Crippen molar-refractivity contribution in [3.63, 3.8) is 0 Å². The summed E-state index contributed by atoms with van der Waals surface area (Å²) in [6, 6.07) is 8.84. The Bertz CT molecular complexity index is 557. The molecule has 0 aromatic heterocycles. The summed E-state index contributed by atoms with van der Waals surface area (Å²) in [5.74, 6) is -0.603. The third-order valence-electron chi connectivity index (χ3n) is 3.57. The summed E-state index contributed by atoms with van der Waals surface area (Å²) in [5.41, 5.74) is 1.00. The fourth-order valence-electron chi connectivity index (χ4n) is 2.54. The fraction of sp³-hybridized carbons (Fsp3) is 0.438. The van der Waals surface area contributed by atoms with Crippen LogP contribution < -0.4 is 10.6 Å². The summed E-state index contributed by atoms with van der Waals surface area (Å²) in [4.78, 5) is 23.6. The number of nitrogens with zero attached hydrogens (tertiary/aromatic N) is 1. The molecule has 0 spiro atoms.